The highest BCUT2D eigenvalue weighted by Gasteiger charge is 2.42. The lowest BCUT2D eigenvalue weighted by Gasteiger charge is -2.46. The zero-order chi connectivity index (χ0) is 21.3. The number of nitrogens with zero attached hydrogens (tertiary/aromatic N) is 1. The first-order valence-corrected chi connectivity index (χ1v) is 10.9. The van der Waals surface area contributed by atoms with Crippen molar-refractivity contribution in [1.29, 1.82) is 0 Å². The first kappa shape index (κ1) is 20.8. The maximum atomic E-state index is 12.5. The average molecular weight is 413 g/mol. The van der Waals surface area contributed by atoms with E-state index in [1.165, 1.54) is 23.8 Å². The molecule has 6 nitrogen and oxygen atoms in total. The van der Waals surface area contributed by atoms with Crippen molar-refractivity contribution < 1.29 is 19.0 Å². The van der Waals surface area contributed by atoms with E-state index in [1.807, 2.05) is 13.0 Å². The minimum absolute atomic E-state index is 0.104. The van der Waals surface area contributed by atoms with Crippen LogP contribution in [-0.4, -0.2) is 49.8 Å². The third kappa shape index (κ3) is 3.47. The second-order valence-electron chi connectivity index (χ2n) is 8.20. The van der Waals surface area contributed by atoms with E-state index in [-0.39, 0.29) is 17.9 Å². The van der Waals surface area contributed by atoms with E-state index >= 15 is 0 Å². The van der Waals surface area contributed by atoms with Gasteiger partial charge in [0.25, 0.3) is 0 Å². The van der Waals surface area contributed by atoms with Crippen LogP contribution in [0.3, 0.4) is 0 Å². The fourth-order valence-corrected chi connectivity index (χ4v) is 5.39. The Hall–Kier alpha value is -2.47. The summed E-state index contributed by atoms with van der Waals surface area (Å²) in [4.78, 5) is 18.8. The highest BCUT2D eigenvalue weighted by atomic mass is 16.5. The molecule has 2 aromatic rings. The first-order valence-electron chi connectivity index (χ1n) is 10.9. The number of carbonyl (C=O) groups is 1. The SMILES string of the molecule is CCOc1cccc2[nH]c3c(c12)CCN1C[C@@H](CC)[C@@H](/C(=C\OC)C(=O)OC)C[C@@H]31. The third-order valence-corrected chi connectivity index (χ3v) is 6.75. The van der Waals surface area contributed by atoms with Gasteiger partial charge in [-0.25, -0.2) is 4.79 Å². The summed E-state index contributed by atoms with van der Waals surface area (Å²) >= 11 is 0. The maximum absolute atomic E-state index is 12.5. The number of nitrogens with one attached hydrogen (secondary N) is 1. The van der Waals surface area contributed by atoms with E-state index in [0.717, 1.165) is 43.6 Å². The molecule has 3 atom stereocenters. The van der Waals surface area contributed by atoms with Crippen LogP contribution in [0.15, 0.2) is 30.0 Å². The summed E-state index contributed by atoms with van der Waals surface area (Å²) in [6, 6.07) is 6.47. The molecule has 30 heavy (non-hydrogen) atoms. The lowest BCUT2D eigenvalue weighted by atomic mass is 9.74. The van der Waals surface area contributed by atoms with E-state index < -0.39 is 0 Å². The molecule has 4 rings (SSSR count). The minimum Gasteiger partial charge on any atom is -0.504 e. The molecule has 1 N–H and O–H groups in total. The van der Waals surface area contributed by atoms with Crippen LogP contribution in [0.4, 0.5) is 0 Å². The molecule has 1 saturated heterocycles. The van der Waals surface area contributed by atoms with Gasteiger partial charge in [-0.1, -0.05) is 19.4 Å². The molecule has 162 valence electrons. The van der Waals surface area contributed by atoms with Crippen LogP contribution >= 0.6 is 0 Å². The number of hydrogen-bond donors (Lipinski definition) is 1. The number of esters is 1. The van der Waals surface area contributed by atoms with E-state index in [9.17, 15) is 4.79 Å². The monoisotopic (exact) mass is 412 g/mol. The lowest BCUT2D eigenvalue weighted by Crippen LogP contribution is -2.47. The molecule has 2 aliphatic heterocycles. The van der Waals surface area contributed by atoms with Crippen LogP contribution in [0.2, 0.25) is 0 Å². The van der Waals surface area contributed by atoms with Crippen molar-refractivity contribution in [2.45, 2.75) is 39.2 Å². The summed E-state index contributed by atoms with van der Waals surface area (Å²) in [5.74, 6) is 1.16. The Morgan fingerprint density at radius 3 is 2.83 bits per heavy atom. The van der Waals surface area contributed by atoms with Gasteiger partial charge in [0, 0.05) is 29.7 Å². The molecule has 0 radical (unpaired) electrons. The first-order chi connectivity index (χ1) is 14.6. The fourth-order valence-electron chi connectivity index (χ4n) is 5.39. The molecule has 0 aliphatic carbocycles. The molecule has 3 heterocycles. The van der Waals surface area contributed by atoms with Crippen LogP contribution in [-0.2, 0) is 20.7 Å². The number of piperidine rings is 1. The molecule has 0 amide bonds. The average Bonchev–Trinajstić information content (AvgIpc) is 3.16. The Balaban J connectivity index is 1.75. The molecule has 0 unspecified atom stereocenters. The Labute approximate surface area is 178 Å². The van der Waals surface area contributed by atoms with Crippen LogP contribution < -0.4 is 4.74 Å². The van der Waals surface area contributed by atoms with Gasteiger partial charge in [0.2, 0.25) is 0 Å². The molecule has 0 bridgehead atoms. The van der Waals surface area contributed by atoms with Gasteiger partial charge in [-0.15, -0.1) is 0 Å². The zero-order valence-electron chi connectivity index (χ0n) is 18.4. The molecule has 2 aliphatic rings. The van der Waals surface area contributed by atoms with Gasteiger partial charge in [0.1, 0.15) is 5.75 Å². The number of methoxy groups -OCH3 is 2. The van der Waals surface area contributed by atoms with Crippen LogP contribution in [0.25, 0.3) is 10.9 Å². The second kappa shape index (κ2) is 8.72. The zero-order valence-corrected chi connectivity index (χ0v) is 18.4. The molecular formula is C24H32N2O4. The van der Waals surface area contributed by atoms with E-state index in [1.54, 1.807) is 13.4 Å². The summed E-state index contributed by atoms with van der Waals surface area (Å²) in [7, 11) is 3.03. The highest BCUT2D eigenvalue weighted by Crippen LogP contribution is 2.47. The largest absolute Gasteiger partial charge is 0.504 e. The summed E-state index contributed by atoms with van der Waals surface area (Å²) in [5.41, 5.74) is 4.40. The van der Waals surface area contributed by atoms with Crippen molar-refractivity contribution in [3.05, 3.63) is 41.3 Å². The van der Waals surface area contributed by atoms with E-state index in [4.69, 9.17) is 14.2 Å². The normalized spacial score (nSPS) is 24.3. The van der Waals surface area contributed by atoms with Crippen LogP contribution in [0, 0.1) is 11.8 Å². The van der Waals surface area contributed by atoms with Crippen molar-refractivity contribution >= 4 is 16.9 Å². The van der Waals surface area contributed by atoms with Crippen molar-refractivity contribution in [2.24, 2.45) is 11.8 Å². The standard InChI is InChI=1S/C24H32N2O4/c1-5-15-13-26-11-10-16-22-19(8-7-9-21(22)30-6-2)25-23(16)20(26)12-17(15)18(14-28-3)24(27)29-4/h7-9,14-15,17,20,25H,5-6,10-13H2,1-4H3/b18-14+/t15-,17+,20+/m1/s1. The number of benzene rings is 1. The number of fused-ring (bicyclic) bond motifs is 5. The number of H-pyrrole nitrogens is 1. The molecule has 1 aromatic heterocycles. The van der Waals surface area contributed by atoms with Gasteiger partial charge in [-0.2, -0.15) is 0 Å². The Kier molecular flexibility index (Phi) is 6.04. The summed E-state index contributed by atoms with van der Waals surface area (Å²) in [5, 5.41) is 1.21. The van der Waals surface area contributed by atoms with Gasteiger partial charge >= 0.3 is 5.97 Å². The number of aromatic amines is 1. The van der Waals surface area contributed by atoms with Gasteiger partial charge in [-0.05, 0) is 49.3 Å². The number of carbonyl (C=O) groups excluding carboxylic acids is 1. The Morgan fingerprint density at radius 1 is 1.30 bits per heavy atom. The van der Waals surface area contributed by atoms with Crippen molar-refractivity contribution in [1.82, 2.24) is 9.88 Å². The number of aromatic nitrogens is 1. The van der Waals surface area contributed by atoms with Crippen molar-refractivity contribution in [2.75, 3.05) is 33.9 Å². The van der Waals surface area contributed by atoms with Crippen LogP contribution in [0.1, 0.15) is 44.0 Å². The molecular weight excluding hydrogens is 380 g/mol. The molecule has 1 aromatic carbocycles. The smallest absolute Gasteiger partial charge is 0.337 e. The minimum atomic E-state index is -0.292. The van der Waals surface area contributed by atoms with Crippen LogP contribution in [0.5, 0.6) is 5.75 Å². The van der Waals surface area contributed by atoms with E-state index in [2.05, 4.69) is 28.9 Å². The quantitative estimate of drug-likeness (QED) is 0.437. The lowest BCUT2D eigenvalue weighted by molar-refractivity contribution is -0.137. The summed E-state index contributed by atoms with van der Waals surface area (Å²) in [6.45, 7) is 6.87. The predicted octanol–water partition coefficient (Wildman–Crippen LogP) is 4.22. The topological polar surface area (TPSA) is 63.8 Å². The van der Waals surface area contributed by atoms with Crippen molar-refractivity contribution in [3.8, 4) is 5.75 Å². The molecule has 1 fully saturated rings. The number of rotatable bonds is 6. The molecule has 0 spiro atoms. The highest BCUT2D eigenvalue weighted by molar-refractivity contribution is 5.91. The van der Waals surface area contributed by atoms with Gasteiger partial charge in [0.05, 0.1) is 38.7 Å². The third-order valence-electron chi connectivity index (χ3n) is 6.75. The Morgan fingerprint density at radius 2 is 2.13 bits per heavy atom. The van der Waals surface area contributed by atoms with Gasteiger partial charge in [-0.3, -0.25) is 4.90 Å². The second-order valence-corrected chi connectivity index (χ2v) is 8.20. The molecule has 0 saturated carbocycles. The predicted molar refractivity (Wildman–Crippen MR) is 116 cm³/mol. The summed E-state index contributed by atoms with van der Waals surface area (Å²) < 4.78 is 16.3. The fraction of sp³-hybridized carbons (Fsp3) is 0.542. The van der Waals surface area contributed by atoms with Gasteiger partial charge in [0.15, 0.2) is 0 Å². The number of hydrogen-bond acceptors (Lipinski definition) is 5. The Bertz CT molecular complexity index is 948. The molecule has 6 heteroatoms. The summed E-state index contributed by atoms with van der Waals surface area (Å²) in [6.07, 6.45) is 4.47. The van der Waals surface area contributed by atoms with Crippen molar-refractivity contribution in [3.63, 3.8) is 0 Å². The maximum Gasteiger partial charge on any atom is 0.337 e. The number of ether oxygens (including phenoxy) is 3. The van der Waals surface area contributed by atoms with E-state index in [0.29, 0.717) is 18.1 Å². The van der Waals surface area contributed by atoms with Gasteiger partial charge < -0.3 is 19.2 Å².